The third-order valence-electron chi connectivity index (χ3n) is 2.70. The Labute approximate surface area is 96.7 Å². The first kappa shape index (κ1) is 13.2. The molecule has 3 heteroatoms. The minimum atomic E-state index is -0.585. The molecule has 0 aliphatic rings. The van der Waals surface area contributed by atoms with Gasteiger partial charge in [0, 0.05) is 12.5 Å². The average molecular weight is 224 g/mol. The third kappa shape index (κ3) is 4.31. The van der Waals surface area contributed by atoms with Crippen molar-refractivity contribution in [3.63, 3.8) is 0 Å². The maximum absolute atomic E-state index is 9.70. The Bertz CT molecular complexity index is 270. The molecule has 1 aromatic carbocycles. The predicted octanol–water partition coefficient (Wildman–Crippen LogP) is 1.58. The highest BCUT2D eigenvalue weighted by Crippen LogP contribution is 2.09. The topological polar surface area (TPSA) is 49.7 Å². The van der Waals surface area contributed by atoms with Gasteiger partial charge in [-0.1, -0.05) is 37.3 Å². The molecule has 2 atom stereocenters. The number of hydrogen-bond donors (Lipinski definition) is 2. The van der Waals surface area contributed by atoms with Crippen molar-refractivity contribution in [2.24, 2.45) is 5.92 Å². The molecule has 0 heterocycles. The van der Waals surface area contributed by atoms with E-state index in [0.29, 0.717) is 6.61 Å². The van der Waals surface area contributed by atoms with Crippen LogP contribution in [-0.2, 0) is 11.3 Å². The number of aliphatic hydroxyl groups is 2. The van der Waals surface area contributed by atoms with Gasteiger partial charge in [-0.15, -0.1) is 0 Å². The van der Waals surface area contributed by atoms with E-state index in [1.165, 1.54) is 0 Å². The molecule has 0 unspecified atom stereocenters. The molecule has 2 N–H and O–H groups in total. The highest BCUT2D eigenvalue weighted by atomic mass is 16.5. The van der Waals surface area contributed by atoms with E-state index in [1.54, 1.807) is 0 Å². The minimum Gasteiger partial charge on any atom is -0.396 e. The zero-order chi connectivity index (χ0) is 11.8. The zero-order valence-electron chi connectivity index (χ0n) is 9.67. The second-order valence-electron chi connectivity index (χ2n) is 3.92. The van der Waals surface area contributed by atoms with E-state index in [4.69, 9.17) is 9.84 Å². The highest BCUT2D eigenvalue weighted by molar-refractivity contribution is 5.13. The smallest absolute Gasteiger partial charge is 0.0823 e. The highest BCUT2D eigenvalue weighted by Gasteiger charge is 2.16. The van der Waals surface area contributed by atoms with Crippen molar-refractivity contribution in [1.29, 1.82) is 0 Å². The van der Waals surface area contributed by atoms with Gasteiger partial charge in [0.15, 0.2) is 0 Å². The number of rotatable bonds is 7. The number of benzene rings is 1. The van der Waals surface area contributed by atoms with Crippen molar-refractivity contribution in [2.45, 2.75) is 26.1 Å². The quantitative estimate of drug-likeness (QED) is 0.739. The summed E-state index contributed by atoms with van der Waals surface area (Å²) in [6.07, 6.45) is 0.172. The summed E-state index contributed by atoms with van der Waals surface area (Å²) in [6.45, 7) is 2.72. The van der Waals surface area contributed by atoms with Crippen LogP contribution in [-0.4, -0.2) is 29.5 Å². The molecule has 0 amide bonds. The van der Waals surface area contributed by atoms with Gasteiger partial charge in [0.2, 0.25) is 0 Å². The normalized spacial score (nSPS) is 14.7. The summed E-state index contributed by atoms with van der Waals surface area (Å²) < 4.78 is 5.40. The van der Waals surface area contributed by atoms with Crippen LogP contribution in [0.25, 0.3) is 0 Å². The first-order valence-corrected chi connectivity index (χ1v) is 5.68. The Kier molecular flexibility index (Phi) is 6.08. The van der Waals surface area contributed by atoms with E-state index < -0.39 is 6.10 Å². The van der Waals surface area contributed by atoms with E-state index in [9.17, 15) is 5.11 Å². The standard InChI is InChI=1S/C13H20O3/c1-2-12(8-14)13(15)10-16-9-11-6-4-3-5-7-11/h3-7,12-15H,2,8-10H2,1H3/t12-,13-/m1/s1. The summed E-state index contributed by atoms with van der Waals surface area (Å²) in [7, 11) is 0. The van der Waals surface area contributed by atoms with Gasteiger partial charge >= 0.3 is 0 Å². The maximum atomic E-state index is 9.70. The Morgan fingerprint density at radius 3 is 2.50 bits per heavy atom. The van der Waals surface area contributed by atoms with Gasteiger partial charge in [-0.25, -0.2) is 0 Å². The van der Waals surface area contributed by atoms with Crippen molar-refractivity contribution >= 4 is 0 Å². The molecule has 1 rings (SSSR count). The van der Waals surface area contributed by atoms with Crippen molar-refractivity contribution in [3.8, 4) is 0 Å². The third-order valence-corrected chi connectivity index (χ3v) is 2.70. The molecule has 0 aromatic heterocycles. The molecule has 0 bridgehead atoms. The van der Waals surface area contributed by atoms with Crippen molar-refractivity contribution in [2.75, 3.05) is 13.2 Å². The van der Waals surface area contributed by atoms with Gasteiger partial charge in [0.05, 0.1) is 19.3 Å². The van der Waals surface area contributed by atoms with Crippen LogP contribution in [0.1, 0.15) is 18.9 Å². The van der Waals surface area contributed by atoms with Crippen molar-refractivity contribution in [1.82, 2.24) is 0 Å². The Hall–Kier alpha value is -0.900. The van der Waals surface area contributed by atoms with E-state index in [2.05, 4.69) is 0 Å². The average Bonchev–Trinajstić information content (AvgIpc) is 2.32. The van der Waals surface area contributed by atoms with E-state index in [-0.39, 0.29) is 19.1 Å². The van der Waals surface area contributed by atoms with E-state index in [0.717, 1.165) is 12.0 Å². The van der Waals surface area contributed by atoms with E-state index >= 15 is 0 Å². The van der Waals surface area contributed by atoms with Gasteiger partial charge in [0.1, 0.15) is 0 Å². The lowest BCUT2D eigenvalue weighted by atomic mass is 10.0. The fraction of sp³-hybridized carbons (Fsp3) is 0.538. The summed E-state index contributed by atoms with van der Waals surface area (Å²) in [4.78, 5) is 0. The molecule has 1 aromatic rings. The zero-order valence-corrected chi connectivity index (χ0v) is 9.67. The Balaban J connectivity index is 2.25. The molecule has 0 fully saturated rings. The van der Waals surface area contributed by atoms with E-state index in [1.807, 2.05) is 37.3 Å². The lowest BCUT2D eigenvalue weighted by molar-refractivity contribution is -0.0171. The van der Waals surface area contributed by atoms with Crippen LogP contribution in [0.4, 0.5) is 0 Å². The van der Waals surface area contributed by atoms with Crippen LogP contribution in [0.5, 0.6) is 0 Å². The monoisotopic (exact) mass is 224 g/mol. The van der Waals surface area contributed by atoms with Crippen LogP contribution in [0.2, 0.25) is 0 Å². The fourth-order valence-electron chi connectivity index (χ4n) is 1.53. The summed E-state index contributed by atoms with van der Waals surface area (Å²) >= 11 is 0. The number of ether oxygens (including phenoxy) is 1. The summed E-state index contributed by atoms with van der Waals surface area (Å²) in [5, 5.41) is 18.7. The van der Waals surface area contributed by atoms with Crippen LogP contribution in [0.15, 0.2) is 30.3 Å². The molecule has 0 saturated carbocycles. The van der Waals surface area contributed by atoms with Crippen LogP contribution >= 0.6 is 0 Å². The SMILES string of the molecule is CC[C@H](CO)[C@H](O)COCc1ccccc1. The molecular weight excluding hydrogens is 204 g/mol. The maximum Gasteiger partial charge on any atom is 0.0823 e. The summed E-state index contributed by atoms with van der Waals surface area (Å²) in [5.74, 6) is -0.0872. The number of aliphatic hydroxyl groups excluding tert-OH is 2. The molecule has 0 aliphatic carbocycles. The van der Waals surface area contributed by atoms with Crippen LogP contribution in [0, 0.1) is 5.92 Å². The molecule has 3 nitrogen and oxygen atoms in total. The van der Waals surface area contributed by atoms with Gasteiger partial charge < -0.3 is 14.9 Å². The Morgan fingerprint density at radius 1 is 1.25 bits per heavy atom. The van der Waals surface area contributed by atoms with Crippen molar-refractivity contribution < 1.29 is 14.9 Å². The molecule has 0 radical (unpaired) electrons. The van der Waals surface area contributed by atoms with Crippen LogP contribution in [0.3, 0.4) is 0 Å². The summed E-state index contributed by atoms with van der Waals surface area (Å²) in [5.41, 5.74) is 1.09. The lowest BCUT2D eigenvalue weighted by Gasteiger charge is -2.19. The fourth-order valence-corrected chi connectivity index (χ4v) is 1.53. The van der Waals surface area contributed by atoms with Crippen molar-refractivity contribution in [3.05, 3.63) is 35.9 Å². The second kappa shape index (κ2) is 7.39. The first-order valence-electron chi connectivity index (χ1n) is 5.68. The van der Waals surface area contributed by atoms with Gasteiger partial charge in [-0.2, -0.15) is 0 Å². The molecule has 0 saturated heterocycles. The van der Waals surface area contributed by atoms with Crippen LogP contribution < -0.4 is 0 Å². The molecule has 0 spiro atoms. The first-order chi connectivity index (χ1) is 7.77. The molecule has 90 valence electrons. The predicted molar refractivity (Wildman–Crippen MR) is 63.0 cm³/mol. The van der Waals surface area contributed by atoms with Gasteiger partial charge in [0.25, 0.3) is 0 Å². The van der Waals surface area contributed by atoms with Gasteiger partial charge in [-0.3, -0.25) is 0 Å². The molecule has 16 heavy (non-hydrogen) atoms. The lowest BCUT2D eigenvalue weighted by Crippen LogP contribution is -2.27. The largest absolute Gasteiger partial charge is 0.396 e. The summed E-state index contributed by atoms with van der Waals surface area (Å²) in [6, 6.07) is 9.83. The van der Waals surface area contributed by atoms with Gasteiger partial charge in [-0.05, 0) is 12.0 Å². The minimum absolute atomic E-state index is 0.00631. The Morgan fingerprint density at radius 2 is 1.94 bits per heavy atom. The second-order valence-corrected chi connectivity index (χ2v) is 3.92. The molecular formula is C13H20O3. The number of hydrogen-bond acceptors (Lipinski definition) is 3. The molecule has 0 aliphatic heterocycles.